The van der Waals surface area contributed by atoms with Crippen LogP contribution in [0.15, 0.2) is 12.1 Å². The first-order chi connectivity index (χ1) is 13.1. The molecule has 0 bridgehead atoms. The van der Waals surface area contributed by atoms with Crippen LogP contribution in [0, 0.1) is 29.4 Å². The zero-order valence-corrected chi connectivity index (χ0v) is 16.8. The van der Waals surface area contributed by atoms with Gasteiger partial charge in [0.05, 0.1) is 12.7 Å². The minimum Gasteiger partial charge on any atom is -0.491 e. The van der Waals surface area contributed by atoms with Crippen LogP contribution in [-0.4, -0.2) is 12.7 Å². The van der Waals surface area contributed by atoms with Crippen LogP contribution in [0.4, 0.5) is 8.78 Å². The molecule has 0 unspecified atom stereocenters. The Morgan fingerprint density at radius 1 is 0.815 bits per heavy atom. The Morgan fingerprint density at radius 2 is 1.37 bits per heavy atom. The van der Waals surface area contributed by atoms with E-state index in [0.717, 1.165) is 43.4 Å². The van der Waals surface area contributed by atoms with Crippen molar-refractivity contribution in [3.8, 4) is 11.5 Å². The van der Waals surface area contributed by atoms with Crippen LogP contribution >= 0.6 is 0 Å². The molecule has 0 N–H and O–H groups in total. The standard InChI is InChI=1S/C23H34F2O2/c1-3-5-16-6-8-17(9-7-16)18-10-12-19(13-11-18)27-21-15-14-20(26-4-2)22(24)23(21)25/h14-19H,3-13H2,1-2H3. The molecule has 1 aromatic rings. The summed E-state index contributed by atoms with van der Waals surface area (Å²) in [4.78, 5) is 0. The van der Waals surface area contributed by atoms with E-state index in [4.69, 9.17) is 9.47 Å². The van der Waals surface area contributed by atoms with Crippen molar-refractivity contribution in [1.82, 2.24) is 0 Å². The number of ether oxygens (including phenoxy) is 2. The van der Waals surface area contributed by atoms with Crippen LogP contribution < -0.4 is 9.47 Å². The van der Waals surface area contributed by atoms with E-state index in [1.54, 1.807) is 6.92 Å². The van der Waals surface area contributed by atoms with Crippen LogP contribution in [0.5, 0.6) is 11.5 Å². The van der Waals surface area contributed by atoms with Crippen LogP contribution in [0.1, 0.15) is 78.1 Å². The Bertz CT molecular complexity index is 588. The van der Waals surface area contributed by atoms with Crippen molar-refractivity contribution in [1.29, 1.82) is 0 Å². The van der Waals surface area contributed by atoms with E-state index < -0.39 is 11.6 Å². The fourth-order valence-electron chi connectivity index (χ4n) is 5.09. The molecule has 0 amide bonds. The fraction of sp³-hybridized carbons (Fsp3) is 0.739. The van der Waals surface area contributed by atoms with Gasteiger partial charge >= 0.3 is 0 Å². The molecule has 0 saturated heterocycles. The highest BCUT2D eigenvalue weighted by atomic mass is 19.2. The summed E-state index contributed by atoms with van der Waals surface area (Å²) >= 11 is 0. The highest BCUT2D eigenvalue weighted by Gasteiger charge is 2.31. The predicted molar refractivity (Wildman–Crippen MR) is 104 cm³/mol. The van der Waals surface area contributed by atoms with Gasteiger partial charge in [-0.3, -0.25) is 0 Å². The molecule has 2 aliphatic carbocycles. The summed E-state index contributed by atoms with van der Waals surface area (Å²) in [6, 6.07) is 2.95. The molecule has 152 valence electrons. The molecule has 2 aliphatic rings. The predicted octanol–water partition coefficient (Wildman–Crippen LogP) is 6.91. The topological polar surface area (TPSA) is 18.5 Å². The largest absolute Gasteiger partial charge is 0.491 e. The molecule has 0 heterocycles. The first kappa shape index (κ1) is 20.4. The molecule has 0 radical (unpaired) electrons. The smallest absolute Gasteiger partial charge is 0.204 e. The van der Waals surface area contributed by atoms with Crippen molar-refractivity contribution >= 4 is 0 Å². The maximum Gasteiger partial charge on any atom is 0.204 e. The molecular formula is C23H34F2O2. The molecule has 2 saturated carbocycles. The number of hydrogen-bond donors (Lipinski definition) is 0. The normalized spacial score (nSPS) is 28.7. The number of halogens is 2. The van der Waals surface area contributed by atoms with Crippen molar-refractivity contribution in [2.45, 2.75) is 84.2 Å². The van der Waals surface area contributed by atoms with E-state index in [-0.39, 0.29) is 17.6 Å². The summed E-state index contributed by atoms with van der Waals surface area (Å²) in [6.07, 6.45) is 12.4. The van der Waals surface area contributed by atoms with Crippen molar-refractivity contribution in [3.05, 3.63) is 23.8 Å². The Hall–Kier alpha value is -1.32. The molecular weight excluding hydrogens is 346 g/mol. The monoisotopic (exact) mass is 380 g/mol. The zero-order chi connectivity index (χ0) is 19.2. The molecule has 2 fully saturated rings. The maximum absolute atomic E-state index is 14.2. The second-order valence-electron chi connectivity index (χ2n) is 8.35. The van der Waals surface area contributed by atoms with Gasteiger partial charge in [0.1, 0.15) is 0 Å². The minimum absolute atomic E-state index is 0.00970. The lowest BCUT2D eigenvalue weighted by Crippen LogP contribution is -2.30. The quantitative estimate of drug-likeness (QED) is 0.512. The molecule has 0 aliphatic heterocycles. The third-order valence-corrected chi connectivity index (χ3v) is 6.58. The molecule has 0 atom stereocenters. The van der Waals surface area contributed by atoms with Crippen LogP contribution in [0.3, 0.4) is 0 Å². The van der Waals surface area contributed by atoms with E-state index in [2.05, 4.69) is 6.92 Å². The van der Waals surface area contributed by atoms with Crippen LogP contribution in [0.2, 0.25) is 0 Å². The SMILES string of the molecule is CCCC1CCC(C2CCC(Oc3ccc(OCC)c(F)c3F)CC2)CC1. The van der Waals surface area contributed by atoms with Gasteiger partial charge in [-0.1, -0.05) is 32.6 Å². The van der Waals surface area contributed by atoms with E-state index in [1.165, 1.54) is 50.7 Å². The second kappa shape index (κ2) is 9.75. The third kappa shape index (κ3) is 5.14. The summed E-state index contributed by atoms with van der Waals surface area (Å²) in [7, 11) is 0. The van der Waals surface area contributed by atoms with E-state index in [0.29, 0.717) is 6.61 Å². The minimum atomic E-state index is -0.952. The van der Waals surface area contributed by atoms with E-state index in [1.807, 2.05) is 0 Å². The van der Waals surface area contributed by atoms with Crippen LogP contribution in [-0.2, 0) is 0 Å². The lowest BCUT2D eigenvalue weighted by atomic mass is 9.70. The van der Waals surface area contributed by atoms with Gasteiger partial charge in [-0.15, -0.1) is 0 Å². The van der Waals surface area contributed by atoms with E-state index >= 15 is 0 Å². The highest BCUT2D eigenvalue weighted by molar-refractivity contribution is 5.35. The van der Waals surface area contributed by atoms with Crippen molar-refractivity contribution in [2.75, 3.05) is 6.61 Å². The summed E-state index contributed by atoms with van der Waals surface area (Å²) < 4.78 is 39.2. The Kier molecular flexibility index (Phi) is 7.37. The molecule has 0 aromatic heterocycles. The van der Waals surface area contributed by atoms with Gasteiger partial charge in [0.2, 0.25) is 11.6 Å². The van der Waals surface area contributed by atoms with Gasteiger partial charge in [-0.05, 0) is 75.3 Å². The van der Waals surface area contributed by atoms with Gasteiger partial charge in [-0.2, -0.15) is 8.78 Å². The summed E-state index contributed by atoms with van der Waals surface area (Å²) in [5.74, 6) is 0.671. The zero-order valence-electron chi connectivity index (χ0n) is 16.8. The van der Waals surface area contributed by atoms with Crippen LogP contribution in [0.25, 0.3) is 0 Å². The van der Waals surface area contributed by atoms with Crippen molar-refractivity contribution in [3.63, 3.8) is 0 Å². The lowest BCUT2D eigenvalue weighted by molar-refractivity contribution is 0.0881. The number of hydrogen-bond acceptors (Lipinski definition) is 2. The average molecular weight is 381 g/mol. The summed E-state index contributed by atoms with van der Waals surface area (Å²) in [6.45, 7) is 4.34. The summed E-state index contributed by atoms with van der Waals surface area (Å²) in [5.41, 5.74) is 0. The molecule has 3 rings (SSSR count). The molecule has 2 nitrogen and oxygen atoms in total. The highest BCUT2D eigenvalue weighted by Crippen LogP contribution is 2.42. The van der Waals surface area contributed by atoms with Gasteiger partial charge in [0, 0.05) is 0 Å². The first-order valence-corrected chi connectivity index (χ1v) is 10.9. The Labute approximate surface area is 162 Å². The number of rotatable bonds is 7. The Morgan fingerprint density at radius 3 is 1.96 bits per heavy atom. The molecule has 27 heavy (non-hydrogen) atoms. The number of benzene rings is 1. The van der Waals surface area contributed by atoms with Gasteiger partial charge in [-0.25, -0.2) is 0 Å². The van der Waals surface area contributed by atoms with Gasteiger partial charge in [0.25, 0.3) is 0 Å². The van der Waals surface area contributed by atoms with Crippen molar-refractivity contribution < 1.29 is 18.3 Å². The Balaban J connectivity index is 1.48. The molecule has 4 heteroatoms. The van der Waals surface area contributed by atoms with E-state index in [9.17, 15) is 8.78 Å². The fourth-order valence-corrected chi connectivity index (χ4v) is 5.09. The lowest BCUT2D eigenvalue weighted by Gasteiger charge is -2.37. The molecule has 0 spiro atoms. The average Bonchev–Trinajstić information content (AvgIpc) is 2.69. The molecule has 1 aromatic carbocycles. The first-order valence-electron chi connectivity index (χ1n) is 10.9. The summed E-state index contributed by atoms with van der Waals surface area (Å²) in [5, 5.41) is 0. The van der Waals surface area contributed by atoms with Gasteiger partial charge < -0.3 is 9.47 Å². The van der Waals surface area contributed by atoms with Gasteiger partial charge in [0.15, 0.2) is 11.5 Å². The second-order valence-corrected chi connectivity index (χ2v) is 8.35. The maximum atomic E-state index is 14.2. The third-order valence-electron chi connectivity index (χ3n) is 6.58. The van der Waals surface area contributed by atoms with Crippen molar-refractivity contribution in [2.24, 2.45) is 17.8 Å².